The van der Waals surface area contributed by atoms with Crippen LogP contribution in [0.25, 0.3) is 16.8 Å². The number of nitrogens with one attached hydrogen (secondary N) is 1. The first-order valence-corrected chi connectivity index (χ1v) is 11.4. The quantitative estimate of drug-likeness (QED) is 0.451. The second-order valence-electron chi connectivity index (χ2n) is 8.65. The molecule has 0 spiro atoms. The zero-order valence-corrected chi connectivity index (χ0v) is 19.3. The van der Waals surface area contributed by atoms with E-state index in [4.69, 9.17) is 5.73 Å². The normalized spacial score (nSPS) is 16.4. The molecule has 9 nitrogen and oxygen atoms in total. The van der Waals surface area contributed by atoms with Crippen LogP contribution in [0.5, 0.6) is 0 Å². The van der Waals surface area contributed by atoms with Crippen molar-refractivity contribution < 1.29 is 27.9 Å². The maximum absolute atomic E-state index is 15.1. The topological polar surface area (TPSA) is 130 Å². The Morgan fingerprint density at radius 3 is 2.64 bits per heavy atom. The van der Waals surface area contributed by atoms with E-state index >= 15 is 4.39 Å². The number of carboxylic acids is 1. The fourth-order valence-corrected chi connectivity index (χ4v) is 4.29. The third-order valence-corrected chi connectivity index (χ3v) is 6.10. The zero-order chi connectivity index (χ0) is 26.1. The van der Waals surface area contributed by atoms with Gasteiger partial charge in [-0.3, -0.25) is 14.0 Å². The van der Waals surface area contributed by atoms with Crippen LogP contribution < -0.4 is 21.5 Å². The van der Waals surface area contributed by atoms with E-state index in [-0.39, 0.29) is 41.1 Å². The molecule has 1 aliphatic heterocycles. The van der Waals surface area contributed by atoms with E-state index in [2.05, 4.69) is 10.3 Å². The van der Waals surface area contributed by atoms with Gasteiger partial charge in [0, 0.05) is 36.3 Å². The number of halogens is 3. The number of aromatic nitrogens is 2. The van der Waals surface area contributed by atoms with Gasteiger partial charge in [-0.05, 0) is 31.0 Å². The largest absolute Gasteiger partial charge is 0.477 e. The van der Waals surface area contributed by atoms with Gasteiger partial charge in [0.25, 0.3) is 5.56 Å². The molecule has 0 bridgehead atoms. The lowest BCUT2D eigenvalue weighted by Gasteiger charge is -2.21. The van der Waals surface area contributed by atoms with Gasteiger partial charge in [-0.15, -0.1) is 0 Å². The van der Waals surface area contributed by atoms with Gasteiger partial charge >= 0.3 is 5.97 Å². The molecule has 0 saturated carbocycles. The molecule has 1 aromatic carbocycles. The number of anilines is 1. The van der Waals surface area contributed by atoms with Gasteiger partial charge in [0.1, 0.15) is 22.8 Å². The first-order chi connectivity index (χ1) is 17.1. The number of amides is 1. The highest BCUT2D eigenvalue weighted by atomic mass is 19.1. The van der Waals surface area contributed by atoms with Crippen LogP contribution in [0.15, 0.2) is 35.3 Å². The molecule has 1 unspecified atom stereocenters. The molecule has 4 N–H and O–H groups in total. The van der Waals surface area contributed by atoms with Gasteiger partial charge in [-0.1, -0.05) is 13.3 Å². The van der Waals surface area contributed by atoms with E-state index in [1.165, 1.54) is 0 Å². The first-order valence-electron chi connectivity index (χ1n) is 11.4. The van der Waals surface area contributed by atoms with Crippen LogP contribution in [0, 0.1) is 17.5 Å². The average molecular weight is 503 g/mol. The van der Waals surface area contributed by atoms with E-state index in [9.17, 15) is 28.3 Å². The van der Waals surface area contributed by atoms with E-state index < -0.39 is 40.6 Å². The van der Waals surface area contributed by atoms with Crippen molar-refractivity contribution in [3.8, 4) is 11.1 Å². The lowest BCUT2D eigenvalue weighted by molar-refractivity contribution is -0.123. The SMILES string of the molecule is CCC[C@@H](N)C(=O)NC1CCN(c2nc3c(-c4ccc(F)cc4F)cc(C(=O)O)c(=O)n3cc2F)C1. The average Bonchev–Trinajstić information content (AvgIpc) is 3.28. The molecule has 3 heterocycles. The Bertz CT molecular complexity index is 1410. The number of fused-ring (bicyclic) bond motifs is 1. The summed E-state index contributed by atoms with van der Waals surface area (Å²) in [5.74, 6) is -4.83. The van der Waals surface area contributed by atoms with Crippen molar-refractivity contribution in [2.24, 2.45) is 5.73 Å². The summed E-state index contributed by atoms with van der Waals surface area (Å²) in [7, 11) is 0. The number of carboxylic acid groups (broad SMARTS) is 1. The molecule has 12 heteroatoms. The maximum atomic E-state index is 15.1. The highest BCUT2D eigenvalue weighted by molar-refractivity contribution is 5.91. The number of carbonyl (C=O) groups is 2. The Labute approximate surface area is 203 Å². The van der Waals surface area contributed by atoms with Crippen molar-refractivity contribution in [1.82, 2.24) is 14.7 Å². The van der Waals surface area contributed by atoms with E-state index in [0.717, 1.165) is 30.8 Å². The van der Waals surface area contributed by atoms with Crippen molar-refractivity contribution in [1.29, 1.82) is 0 Å². The number of carbonyl (C=O) groups excluding carboxylic acids is 1. The van der Waals surface area contributed by atoms with Gasteiger partial charge in [0.15, 0.2) is 11.6 Å². The van der Waals surface area contributed by atoms with Gasteiger partial charge in [0.05, 0.1) is 12.2 Å². The minimum atomic E-state index is -1.60. The van der Waals surface area contributed by atoms with Crippen LogP contribution in [0.4, 0.5) is 19.0 Å². The highest BCUT2D eigenvalue weighted by Gasteiger charge is 2.29. The number of benzene rings is 1. The maximum Gasteiger partial charge on any atom is 0.341 e. The molecule has 0 aliphatic carbocycles. The lowest BCUT2D eigenvalue weighted by Crippen LogP contribution is -2.46. The number of rotatable bonds is 7. The summed E-state index contributed by atoms with van der Waals surface area (Å²) in [6, 6.07) is 2.64. The molecular formula is C24H24F3N5O4. The highest BCUT2D eigenvalue weighted by Crippen LogP contribution is 2.30. The summed E-state index contributed by atoms with van der Waals surface area (Å²) in [6.45, 7) is 2.45. The van der Waals surface area contributed by atoms with Crippen molar-refractivity contribution in [3.05, 3.63) is 63.8 Å². The zero-order valence-electron chi connectivity index (χ0n) is 19.3. The van der Waals surface area contributed by atoms with Crippen molar-refractivity contribution in [3.63, 3.8) is 0 Å². The summed E-state index contributed by atoms with van der Waals surface area (Å²) in [5.41, 5.74) is 3.53. The lowest BCUT2D eigenvalue weighted by atomic mass is 10.0. The minimum Gasteiger partial charge on any atom is -0.477 e. The molecule has 0 radical (unpaired) electrons. The molecule has 1 amide bonds. The fraction of sp³-hybridized carbons (Fsp3) is 0.333. The third-order valence-electron chi connectivity index (χ3n) is 6.10. The van der Waals surface area contributed by atoms with Crippen molar-refractivity contribution >= 4 is 23.3 Å². The molecule has 1 fully saturated rings. The van der Waals surface area contributed by atoms with Crippen molar-refractivity contribution in [2.75, 3.05) is 18.0 Å². The number of hydrogen-bond acceptors (Lipinski definition) is 6. The van der Waals surface area contributed by atoms with E-state index in [0.29, 0.717) is 29.9 Å². The first kappa shape index (κ1) is 25.2. The van der Waals surface area contributed by atoms with Crippen LogP contribution >= 0.6 is 0 Å². The van der Waals surface area contributed by atoms with Gasteiger partial charge in [0.2, 0.25) is 5.91 Å². The predicted molar refractivity (Wildman–Crippen MR) is 125 cm³/mol. The molecule has 3 aromatic rings. The second kappa shape index (κ2) is 9.97. The van der Waals surface area contributed by atoms with Crippen LogP contribution in [0.1, 0.15) is 36.5 Å². The van der Waals surface area contributed by atoms with Gasteiger partial charge < -0.3 is 21.1 Å². The molecule has 4 rings (SSSR count). The molecule has 1 aliphatic rings. The summed E-state index contributed by atoms with van der Waals surface area (Å²) in [4.78, 5) is 42.4. The van der Waals surface area contributed by atoms with Gasteiger partial charge in [-0.25, -0.2) is 22.9 Å². The Kier molecular flexibility index (Phi) is 6.97. The number of nitrogens with zero attached hydrogens (tertiary/aromatic N) is 3. The van der Waals surface area contributed by atoms with E-state index in [1.54, 1.807) is 4.90 Å². The Balaban J connectivity index is 1.77. The summed E-state index contributed by atoms with van der Waals surface area (Å²) in [6.07, 6.45) is 2.55. The molecule has 2 atom stereocenters. The molecular weight excluding hydrogens is 479 g/mol. The molecule has 36 heavy (non-hydrogen) atoms. The Morgan fingerprint density at radius 2 is 1.97 bits per heavy atom. The minimum absolute atomic E-state index is 0.125. The van der Waals surface area contributed by atoms with Crippen molar-refractivity contribution in [2.45, 2.75) is 38.3 Å². The standard InChI is InChI=1S/C24H24F3N5O4/c1-2-3-19(28)22(33)29-13-6-7-31(10-13)21-18(27)11-32-20(30-21)15(9-16(23(32)34)24(35)36)14-5-4-12(25)8-17(14)26/h4-5,8-9,11,13,19H,2-3,6-7,10,28H2,1H3,(H,29,33)(H,35,36)/t13?,19-/m1/s1. The van der Waals surface area contributed by atoms with Gasteiger partial charge in [-0.2, -0.15) is 0 Å². The second-order valence-corrected chi connectivity index (χ2v) is 8.65. The number of nitrogens with two attached hydrogens (primary N) is 1. The number of hydrogen-bond donors (Lipinski definition) is 3. The Hall–Kier alpha value is -3.93. The van der Waals surface area contributed by atoms with E-state index in [1.807, 2.05) is 6.92 Å². The number of aromatic carboxylic acids is 1. The van der Waals surface area contributed by atoms with Crippen LogP contribution in [0.3, 0.4) is 0 Å². The Morgan fingerprint density at radius 1 is 1.22 bits per heavy atom. The summed E-state index contributed by atoms with van der Waals surface area (Å²) >= 11 is 0. The van der Waals surface area contributed by atoms with Crippen LogP contribution in [-0.2, 0) is 4.79 Å². The summed E-state index contributed by atoms with van der Waals surface area (Å²) < 4.78 is 43.9. The summed E-state index contributed by atoms with van der Waals surface area (Å²) in [5, 5.41) is 12.3. The number of pyridine rings is 1. The third kappa shape index (κ3) is 4.76. The van der Waals surface area contributed by atoms with Crippen LogP contribution in [-0.4, -0.2) is 51.5 Å². The monoisotopic (exact) mass is 503 g/mol. The fourth-order valence-electron chi connectivity index (χ4n) is 4.29. The smallest absolute Gasteiger partial charge is 0.341 e. The molecule has 2 aromatic heterocycles. The predicted octanol–water partition coefficient (Wildman–Crippen LogP) is 2.30. The molecule has 190 valence electrons. The molecule has 1 saturated heterocycles. The van der Waals surface area contributed by atoms with Crippen LogP contribution in [0.2, 0.25) is 0 Å².